The van der Waals surface area contributed by atoms with E-state index in [1.807, 2.05) is 49.4 Å². The lowest BCUT2D eigenvalue weighted by Gasteiger charge is -2.23. The van der Waals surface area contributed by atoms with E-state index in [-0.39, 0.29) is 11.9 Å². The monoisotopic (exact) mass is 493 g/mol. The highest BCUT2D eigenvalue weighted by Gasteiger charge is 2.24. The Morgan fingerprint density at radius 2 is 1.72 bits per heavy atom. The molecule has 1 N–H and O–H groups in total. The second kappa shape index (κ2) is 11.9. The molecular formula is C27H35N5O4. The van der Waals surface area contributed by atoms with Crippen molar-refractivity contribution in [3.63, 3.8) is 0 Å². The lowest BCUT2D eigenvalue weighted by atomic mass is 10.1. The van der Waals surface area contributed by atoms with Gasteiger partial charge in [0.15, 0.2) is 5.82 Å². The highest BCUT2D eigenvalue weighted by atomic mass is 16.5. The fourth-order valence-corrected chi connectivity index (χ4v) is 4.61. The fourth-order valence-electron chi connectivity index (χ4n) is 4.61. The van der Waals surface area contributed by atoms with E-state index in [2.05, 4.69) is 25.0 Å². The van der Waals surface area contributed by atoms with E-state index in [1.54, 1.807) is 21.3 Å². The van der Waals surface area contributed by atoms with E-state index in [1.165, 1.54) is 0 Å². The maximum absolute atomic E-state index is 12.6. The zero-order valence-corrected chi connectivity index (χ0v) is 21.5. The summed E-state index contributed by atoms with van der Waals surface area (Å²) in [7, 11) is 4.94. The third-order valence-electron chi connectivity index (χ3n) is 6.59. The van der Waals surface area contributed by atoms with Gasteiger partial charge < -0.3 is 24.1 Å². The number of nitrogens with one attached hydrogen (secondary N) is 1. The van der Waals surface area contributed by atoms with Crippen molar-refractivity contribution in [2.45, 2.75) is 45.3 Å². The summed E-state index contributed by atoms with van der Waals surface area (Å²) in [6.45, 7) is 5.02. The van der Waals surface area contributed by atoms with Crippen molar-refractivity contribution in [2.75, 3.05) is 34.4 Å². The third-order valence-corrected chi connectivity index (χ3v) is 6.59. The number of hydrogen-bond acceptors (Lipinski definition) is 7. The number of carbonyl (C=O) groups is 1. The van der Waals surface area contributed by atoms with Crippen LogP contribution in [0, 0.1) is 0 Å². The lowest BCUT2D eigenvalue weighted by molar-refractivity contribution is -0.121. The van der Waals surface area contributed by atoms with Gasteiger partial charge in [-0.1, -0.05) is 30.3 Å². The predicted molar refractivity (Wildman–Crippen MR) is 136 cm³/mol. The second-order valence-corrected chi connectivity index (χ2v) is 8.94. The number of amides is 1. The van der Waals surface area contributed by atoms with Gasteiger partial charge in [0.2, 0.25) is 5.91 Å². The van der Waals surface area contributed by atoms with Gasteiger partial charge in [0.25, 0.3) is 0 Å². The van der Waals surface area contributed by atoms with Crippen LogP contribution in [0.5, 0.6) is 17.2 Å². The van der Waals surface area contributed by atoms with Crippen LogP contribution in [0.25, 0.3) is 0 Å². The molecule has 0 spiro atoms. The molecule has 1 aromatic heterocycles. The smallest absolute Gasteiger partial charge is 0.220 e. The molecule has 1 atom stereocenters. The Bertz CT molecular complexity index is 1140. The van der Waals surface area contributed by atoms with E-state index in [9.17, 15) is 4.79 Å². The topological polar surface area (TPSA) is 90.7 Å². The highest BCUT2D eigenvalue weighted by Crippen LogP contribution is 2.35. The van der Waals surface area contributed by atoms with Crippen LogP contribution in [0.3, 0.4) is 0 Å². The maximum Gasteiger partial charge on any atom is 0.220 e. The van der Waals surface area contributed by atoms with Gasteiger partial charge in [-0.2, -0.15) is 0 Å². The Balaban J connectivity index is 1.39. The summed E-state index contributed by atoms with van der Waals surface area (Å²) in [6, 6.07) is 13.6. The molecule has 0 bridgehead atoms. The summed E-state index contributed by atoms with van der Waals surface area (Å²) in [4.78, 5) is 14.9. The van der Waals surface area contributed by atoms with Gasteiger partial charge in [-0.05, 0) is 18.9 Å². The number of benzene rings is 2. The molecule has 4 rings (SSSR count). The van der Waals surface area contributed by atoms with E-state index >= 15 is 0 Å². The van der Waals surface area contributed by atoms with Crippen molar-refractivity contribution in [2.24, 2.45) is 0 Å². The van der Waals surface area contributed by atoms with Crippen LogP contribution >= 0.6 is 0 Å². The first-order valence-electron chi connectivity index (χ1n) is 12.3. The molecular weight excluding hydrogens is 458 g/mol. The number of fused-ring (bicyclic) bond motifs is 1. The van der Waals surface area contributed by atoms with Crippen LogP contribution in [0.15, 0.2) is 42.5 Å². The van der Waals surface area contributed by atoms with Crippen LogP contribution in [-0.4, -0.2) is 60.0 Å². The Morgan fingerprint density at radius 3 is 2.39 bits per heavy atom. The molecule has 1 aliphatic rings. The molecule has 192 valence electrons. The summed E-state index contributed by atoms with van der Waals surface area (Å²) in [5.74, 6) is 3.91. The molecule has 2 aromatic carbocycles. The minimum Gasteiger partial charge on any atom is -0.496 e. The first kappa shape index (κ1) is 25.5. The second-order valence-electron chi connectivity index (χ2n) is 8.94. The van der Waals surface area contributed by atoms with Gasteiger partial charge in [-0.15, -0.1) is 10.2 Å². The number of carbonyl (C=O) groups excluding carboxylic acids is 1. The largest absolute Gasteiger partial charge is 0.496 e. The van der Waals surface area contributed by atoms with Crippen LogP contribution < -0.4 is 19.5 Å². The Hall–Kier alpha value is -3.59. The number of ether oxygens (including phenoxy) is 3. The molecule has 0 radical (unpaired) electrons. The van der Waals surface area contributed by atoms with Gasteiger partial charge >= 0.3 is 0 Å². The van der Waals surface area contributed by atoms with Crippen molar-refractivity contribution in [3.05, 3.63) is 65.2 Å². The summed E-state index contributed by atoms with van der Waals surface area (Å²) >= 11 is 0. The molecule has 0 aliphatic carbocycles. The van der Waals surface area contributed by atoms with Crippen LogP contribution in [0.1, 0.15) is 42.2 Å². The number of rotatable bonds is 10. The van der Waals surface area contributed by atoms with E-state index in [0.717, 1.165) is 60.3 Å². The first-order valence-corrected chi connectivity index (χ1v) is 12.3. The SMILES string of the molecule is COc1cc(OC)c(CN2CCc3nnc(C(C)NC(=O)CCc4ccccc4)n3CC2)c(OC)c1. The molecule has 9 heteroatoms. The normalized spacial score (nSPS) is 14.4. The number of aromatic nitrogens is 3. The van der Waals surface area contributed by atoms with Crippen molar-refractivity contribution >= 4 is 5.91 Å². The van der Waals surface area contributed by atoms with Crippen molar-refractivity contribution < 1.29 is 19.0 Å². The van der Waals surface area contributed by atoms with Crippen LogP contribution in [-0.2, 0) is 30.7 Å². The molecule has 0 saturated heterocycles. The molecule has 3 aromatic rings. The molecule has 0 saturated carbocycles. The number of hydrogen-bond donors (Lipinski definition) is 1. The van der Waals surface area contributed by atoms with Crippen molar-refractivity contribution in [1.29, 1.82) is 0 Å². The molecule has 1 aliphatic heterocycles. The predicted octanol–water partition coefficient (Wildman–Crippen LogP) is 3.17. The van der Waals surface area contributed by atoms with E-state index in [4.69, 9.17) is 14.2 Å². The van der Waals surface area contributed by atoms with E-state index in [0.29, 0.717) is 25.1 Å². The zero-order valence-electron chi connectivity index (χ0n) is 21.5. The Morgan fingerprint density at radius 1 is 1.00 bits per heavy atom. The molecule has 1 unspecified atom stereocenters. The first-order chi connectivity index (χ1) is 17.5. The molecule has 1 amide bonds. The summed E-state index contributed by atoms with van der Waals surface area (Å²) in [5, 5.41) is 12.0. The van der Waals surface area contributed by atoms with Gasteiger partial charge in [0.1, 0.15) is 23.1 Å². The minimum atomic E-state index is -0.220. The lowest BCUT2D eigenvalue weighted by Crippen LogP contribution is -2.30. The van der Waals surface area contributed by atoms with Crippen LogP contribution in [0.4, 0.5) is 0 Å². The number of nitrogens with zero attached hydrogens (tertiary/aromatic N) is 4. The minimum absolute atomic E-state index is 0.0117. The maximum atomic E-state index is 12.6. The van der Waals surface area contributed by atoms with Crippen molar-refractivity contribution in [1.82, 2.24) is 25.0 Å². The molecule has 36 heavy (non-hydrogen) atoms. The quantitative estimate of drug-likeness (QED) is 0.464. The van der Waals surface area contributed by atoms with E-state index < -0.39 is 0 Å². The Labute approximate surface area is 212 Å². The summed E-state index contributed by atoms with van der Waals surface area (Å²) in [5.41, 5.74) is 2.14. The van der Waals surface area contributed by atoms with Gasteiger partial charge in [0, 0.05) is 51.2 Å². The number of aryl methyl sites for hydroxylation is 1. The standard InChI is InChI=1S/C27H35N5O4/c1-19(28-26(33)11-10-20-8-6-5-7-9-20)27-30-29-25-12-13-31(14-15-32(25)27)18-22-23(35-3)16-21(34-2)17-24(22)36-4/h5-9,16-17,19H,10-15,18H2,1-4H3,(H,28,33). The van der Waals surface area contributed by atoms with Gasteiger partial charge in [0.05, 0.1) is 32.9 Å². The molecule has 0 fully saturated rings. The highest BCUT2D eigenvalue weighted by molar-refractivity contribution is 5.76. The molecule has 2 heterocycles. The van der Waals surface area contributed by atoms with Crippen molar-refractivity contribution in [3.8, 4) is 17.2 Å². The summed E-state index contributed by atoms with van der Waals surface area (Å²) in [6.07, 6.45) is 1.92. The number of methoxy groups -OCH3 is 3. The average molecular weight is 494 g/mol. The average Bonchev–Trinajstić information content (AvgIpc) is 3.21. The molecule has 9 nitrogen and oxygen atoms in total. The fraction of sp³-hybridized carbons (Fsp3) is 0.444. The summed E-state index contributed by atoms with van der Waals surface area (Å²) < 4.78 is 18.8. The third kappa shape index (κ3) is 5.96. The van der Waals surface area contributed by atoms with Crippen LogP contribution in [0.2, 0.25) is 0 Å². The Kier molecular flexibility index (Phi) is 8.43. The zero-order chi connectivity index (χ0) is 25.5. The van der Waals surface area contributed by atoms with Gasteiger partial charge in [-0.3, -0.25) is 9.69 Å². The van der Waals surface area contributed by atoms with Gasteiger partial charge in [-0.25, -0.2) is 0 Å².